The minimum absolute atomic E-state index is 0.276. The molecule has 1 saturated heterocycles. The molecule has 2 nitrogen and oxygen atoms in total. The number of hydrogen-bond acceptors (Lipinski definition) is 2. The Morgan fingerprint density at radius 2 is 2.05 bits per heavy atom. The van der Waals surface area contributed by atoms with Gasteiger partial charge in [-0.1, -0.05) is 36.6 Å². The van der Waals surface area contributed by atoms with Crippen molar-refractivity contribution in [2.45, 2.75) is 25.3 Å². The van der Waals surface area contributed by atoms with Gasteiger partial charge in [0.1, 0.15) is 5.82 Å². The molecule has 0 amide bonds. The molecular formula is C15H20ClFN2. The van der Waals surface area contributed by atoms with E-state index in [0.717, 1.165) is 44.1 Å². The number of rotatable bonds is 4. The summed E-state index contributed by atoms with van der Waals surface area (Å²) in [5.41, 5.74) is 0.968. The van der Waals surface area contributed by atoms with Crippen molar-refractivity contribution in [2.75, 3.05) is 26.2 Å². The molecule has 1 N–H and O–H groups in total. The van der Waals surface area contributed by atoms with E-state index in [2.05, 4.69) is 10.2 Å². The van der Waals surface area contributed by atoms with Crippen LogP contribution >= 0.6 is 11.6 Å². The smallest absolute Gasteiger partial charge is 0.142 e. The molecule has 0 spiro atoms. The molecule has 0 radical (unpaired) electrons. The first-order chi connectivity index (χ1) is 9.25. The number of piperazine rings is 1. The van der Waals surface area contributed by atoms with E-state index in [1.807, 2.05) is 6.07 Å². The summed E-state index contributed by atoms with van der Waals surface area (Å²) in [4.78, 5) is 2.45. The van der Waals surface area contributed by atoms with Gasteiger partial charge in [-0.05, 0) is 24.0 Å². The summed E-state index contributed by atoms with van der Waals surface area (Å²) in [7, 11) is 0. The molecule has 1 atom stereocenters. The van der Waals surface area contributed by atoms with Crippen LogP contribution in [0.2, 0.25) is 5.02 Å². The average Bonchev–Trinajstić information content (AvgIpc) is 3.25. The third kappa shape index (κ3) is 3.10. The van der Waals surface area contributed by atoms with Gasteiger partial charge in [0.05, 0.1) is 5.02 Å². The molecule has 2 fully saturated rings. The monoisotopic (exact) mass is 282 g/mol. The van der Waals surface area contributed by atoms with Crippen molar-refractivity contribution in [1.29, 1.82) is 0 Å². The topological polar surface area (TPSA) is 15.3 Å². The molecule has 1 saturated carbocycles. The fourth-order valence-corrected chi connectivity index (χ4v) is 3.17. The lowest BCUT2D eigenvalue weighted by atomic mass is 9.98. The number of nitrogens with zero attached hydrogens (tertiary/aromatic N) is 1. The SMILES string of the molecule is Fc1cccc([C@@H](CC2CC2)N2CCNCC2)c1Cl. The van der Waals surface area contributed by atoms with E-state index >= 15 is 0 Å². The Hall–Kier alpha value is -0.640. The quantitative estimate of drug-likeness (QED) is 0.912. The van der Waals surface area contributed by atoms with Crippen LogP contribution < -0.4 is 5.32 Å². The predicted molar refractivity (Wildman–Crippen MR) is 75.9 cm³/mol. The molecular weight excluding hydrogens is 263 g/mol. The van der Waals surface area contributed by atoms with Gasteiger partial charge in [0.25, 0.3) is 0 Å². The number of hydrogen-bond donors (Lipinski definition) is 1. The van der Waals surface area contributed by atoms with Crippen molar-refractivity contribution >= 4 is 11.6 Å². The molecule has 4 heteroatoms. The van der Waals surface area contributed by atoms with Crippen LogP contribution in [0.25, 0.3) is 0 Å². The zero-order valence-electron chi connectivity index (χ0n) is 11.0. The van der Waals surface area contributed by atoms with Crippen LogP contribution in [0.4, 0.5) is 4.39 Å². The second kappa shape index (κ2) is 5.78. The average molecular weight is 283 g/mol. The van der Waals surface area contributed by atoms with Crippen molar-refractivity contribution in [3.05, 3.63) is 34.6 Å². The summed E-state index contributed by atoms with van der Waals surface area (Å²) in [5, 5.41) is 3.68. The van der Waals surface area contributed by atoms with Crippen molar-refractivity contribution in [3.63, 3.8) is 0 Å². The Labute approximate surface area is 118 Å². The lowest BCUT2D eigenvalue weighted by molar-refractivity contribution is 0.160. The number of benzene rings is 1. The van der Waals surface area contributed by atoms with Crippen LogP contribution in [-0.4, -0.2) is 31.1 Å². The summed E-state index contributed by atoms with van der Waals surface area (Å²) >= 11 is 6.19. The van der Waals surface area contributed by atoms with E-state index < -0.39 is 0 Å². The standard InChI is InChI=1S/C15H20ClFN2/c16-15-12(2-1-3-13(15)17)14(10-11-4-5-11)19-8-6-18-7-9-19/h1-3,11,14,18H,4-10H2/t14-/m1/s1. The fraction of sp³-hybridized carbons (Fsp3) is 0.600. The minimum Gasteiger partial charge on any atom is -0.314 e. The summed E-state index contributed by atoms with van der Waals surface area (Å²) in [6.45, 7) is 4.05. The molecule has 1 aliphatic carbocycles. The lowest BCUT2D eigenvalue weighted by Gasteiger charge is -2.35. The Kier molecular flexibility index (Phi) is 4.06. The van der Waals surface area contributed by atoms with E-state index in [0.29, 0.717) is 5.02 Å². The number of nitrogens with one attached hydrogen (secondary N) is 1. The summed E-state index contributed by atoms with van der Waals surface area (Å²) in [5.74, 6) is 0.509. The first-order valence-electron chi connectivity index (χ1n) is 7.14. The van der Waals surface area contributed by atoms with Gasteiger partial charge in [-0.2, -0.15) is 0 Å². The van der Waals surface area contributed by atoms with Crippen LogP contribution in [0, 0.1) is 11.7 Å². The summed E-state index contributed by atoms with van der Waals surface area (Å²) in [6.07, 6.45) is 3.74. The van der Waals surface area contributed by atoms with E-state index in [4.69, 9.17) is 11.6 Å². The zero-order chi connectivity index (χ0) is 13.2. The molecule has 1 aliphatic heterocycles. The third-order valence-corrected chi connectivity index (χ3v) is 4.59. The zero-order valence-corrected chi connectivity index (χ0v) is 11.8. The molecule has 2 aliphatic rings. The fourth-order valence-electron chi connectivity index (χ4n) is 2.91. The van der Waals surface area contributed by atoms with Gasteiger partial charge in [-0.25, -0.2) is 4.39 Å². The van der Waals surface area contributed by atoms with Crippen LogP contribution in [0.15, 0.2) is 18.2 Å². The maximum atomic E-state index is 13.7. The molecule has 1 aromatic carbocycles. The predicted octanol–water partition coefficient (Wildman–Crippen LogP) is 3.23. The first kappa shape index (κ1) is 13.3. The van der Waals surface area contributed by atoms with Crippen LogP contribution in [0.1, 0.15) is 30.9 Å². The molecule has 0 aromatic heterocycles. The van der Waals surface area contributed by atoms with Crippen molar-refractivity contribution in [3.8, 4) is 0 Å². The maximum absolute atomic E-state index is 13.7. The van der Waals surface area contributed by atoms with Crippen LogP contribution in [0.5, 0.6) is 0 Å². The molecule has 104 valence electrons. The Morgan fingerprint density at radius 1 is 1.32 bits per heavy atom. The highest BCUT2D eigenvalue weighted by Gasteiger charge is 2.31. The Balaban J connectivity index is 1.86. The Morgan fingerprint density at radius 3 is 2.74 bits per heavy atom. The highest BCUT2D eigenvalue weighted by molar-refractivity contribution is 6.31. The molecule has 3 rings (SSSR count). The summed E-state index contributed by atoms with van der Waals surface area (Å²) < 4.78 is 13.7. The second-order valence-corrected chi connectivity index (χ2v) is 6.00. The van der Waals surface area contributed by atoms with Crippen molar-refractivity contribution in [2.24, 2.45) is 5.92 Å². The third-order valence-electron chi connectivity index (χ3n) is 4.19. The van der Waals surface area contributed by atoms with Crippen LogP contribution in [-0.2, 0) is 0 Å². The summed E-state index contributed by atoms with van der Waals surface area (Å²) in [6, 6.07) is 5.48. The highest BCUT2D eigenvalue weighted by atomic mass is 35.5. The van der Waals surface area contributed by atoms with Gasteiger partial charge < -0.3 is 5.32 Å². The van der Waals surface area contributed by atoms with E-state index in [9.17, 15) is 4.39 Å². The van der Waals surface area contributed by atoms with Crippen LogP contribution in [0.3, 0.4) is 0 Å². The Bertz CT molecular complexity index is 442. The van der Waals surface area contributed by atoms with Crippen molar-refractivity contribution in [1.82, 2.24) is 10.2 Å². The van der Waals surface area contributed by atoms with Crippen molar-refractivity contribution < 1.29 is 4.39 Å². The molecule has 0 unspecified atom stereocenters. The van der Waals surface area contributed by atoms with Gasteiger partial charge in [-0.3, -0.25) is 4.90 Å². The molecule has 1 aromatic rings. The number of halogens is 2. The lowest BCUT2D eigenvalue weighted by Crippen LogP contribution is -2.45. The largest absolute Gasteiger partial charge is 0.314 e. The maximum Gasteiger partial charge on any atom is 0.142 e. The highest BCUT2D eigenvalue weighted by Crippen LogP contribution is 2.42. The van der Waals surface area contributed by atoms with Gasteiger partial charge in [0, 0.05) is 32.2 Å². The van der Waals surface area contributed by atoms with Gasteiger partial charge in [-0.15, -0.1) is 0 Å². The molecule has 0 bridgehead atoms. The van der Waals surface area contributed by atoms with E-state index in [1.54, 1.807) is 6.07 Å². The first-order valence-corrected chi connectivity index (χ1v) is 7.52. The molecule has 19 heavy (non-hydrogen) atoms. The van der Waals surface area contributed by atoms with E-state index in [1.165, 1.54) is 18.9 Å². The second-order valence-electron chi connectivity index (χ2n) is 5.62. The normalized spacial score (nSPS) is 22.4. The van der Waals surface area contributed by atoms with E-state index in [-0.39, 0.29) is 11.9 Å². The van der Waals surface area contributed by atoms with Gasteiger partial charge in [0.15, 0.2) is 0 Å². The molecule has 1 heterocycles. The minimum atomic E-state index is -0.296. The van der Waals surface area contributed by atoms with Gasteiger partial charge >= 0.3 is 0 Å². The van der Waals surface area contributed by atoms with Gasteiger partial charge in [0.2, 0.25) is 0 Å².